The van der Waals surface area contributed by atoms with E-state index in [0.29, 0.717) is 37.6 Å². The molecule has 2 aromatic carbocycles. The van der Waals surface area contributed by atoms with E-state index in [4.69, 9.17) is 9.47 Å². The van der Waals surface area contributed by atoms with Gasteiger partial charge in [-0.25, -0.2) is 9.59 Å². The molecule has 0 atom stereocenters. The second-order valence-corrected chi connectivity index (χ2v) is 5.48. The Hall–Kier alpha value is -2.70. The molecule has 0 N–H and O–H groups in total. The molecule has 0 radical (unpaired) electrons. The van der Waals surface area contributed by atoms with Gasteiger partial charge in [0.05, 0.1) is 51.8 Å². The van der Waals surface area contributed by atoms with Crippen molar-refractivity contribution < 1.29 is 28.5 Å². The Morgan fingerprint density at radius 3 is 1.31 bits per heavy atom. The average Bonchev–Trinajstić information content (AvgIpc) is 2.70. The maximum absolute atomic E-state index is 11.3. The van der Waals surface area contributed by atoms with Gasteiger partial charge in [-0.05, 0) is 35.4 Å². The summed E-state index contributed by atoms with van der Waals surface area (Å²) >= 11 is 0. The van der Waals surface area contributed by atoms with E-state index < -0.39 is 0 Å². The van der Waals surface area contributed by atoms with E-state index in [-0.39, 0.29) is 11.9 Å². The number of benzene rings is 2. The van der Waals surface area contributed by atoms with Crippen LogP contribution in [-0.4, -0.2) is 39.4 Å². The van der Waals surface area contributed by atoms with Gasteiger partial charge in [0.1, 0.15) is 0 Å². The average molecular weight is 358 g/mol. The fourth-order valence-corrected chi connectivity index (χ4v) is 2.21. The first kappa shape index (κ1) is 19.6. The normalized spacial score (nSPS) is 10.4. The van der Waals surface area contributed by atoms with Gasteiger partial charge < -0.3 is 18.9 Å². The zero-order valence-corrected chi connectivity index (χ0v) is 14.9. The number of methoxy groups -OCH3 is 2. The molecule has 0 spiro atoms. The molecule has 0 fully saturated rings. The summed E-state index contributed by atoms with van der Waals surface area (Å²) in [6.45, 7) is 1.80. The molecule has 138 valence electrons. The first-order chi connectivity index (χ1) is 12.6. The molecule has 0 heterocycles. The molecule has 0 aliphatic rings. The topological polar surface area (TPSA) is 71.1 Å². The first-order valence-corrected chi connectivity index (χ1v) is 8.14. The monoisotopic (exact) mass is 358 g/mol. The SMILES string of the molecule is COC(=O)c1ccc(COCCOCc2ccc(C(=O)OC)cc2)cc1. The van der Waals surface area contributed by atoms with Crippen LogP contribution in [0.5, 0.6) is 0 Å². The number of hydrogen-bond acceptors (Lipinski definition) is 6. The predicted molar refractivity (Wildman–Crippen MR) is 94.9 cm³/mol. The molecule has 0 bridgehead atoms. The van der Waals surface area contributed by atoms with Crippen molar-refractivity contribution in [1.82, 2.24) is 0 Å². The Morgan fingerprint density at radius 2 is 1.00 bits per heavy atom. The summed E-state index contributed by atoms with van der Waals surface area (Å²) in [7, 11) is 2.71. The van der Waals surface area contributed by atoms with E-state index in [1.165, 1.54) is 14.2 Å². The minimum atomic E-state index is -0.356. The molecule has 0 amide bonds. The van der Waals surface area contributed by atoms with Crippen LogP contribution < -0.4 is 0 Å². The van der Waals surface area contributed by atoms with Gasteiger partial charge in [0.25, 0.3) is 0 Å². The third-order valence-corrected chi connectivity index (χ3v) is 3.66. The molecule has 0 saturated carbocycles. The van der Waals surface area contributed by atoms with Crippen molar-refractivity contribution in [1.29, 1.82) is 0 Å². The smallest absolute Gasteiger partial charge is 0.337 e. The number of esters is 2. The van der Waals surface area contributed by atoms with Crippen LogP contribution in [0.4, 0.5) is 0 Å². The van der Waals surface area contributed by atoms with Crippen LogP contribution in [0, 0.1) is 0 Å². The number of rotatable bonds is 9. The van der Waals surface area contributed by atoms with E-state index in [2.05, 4.69) is 9.47 Å². The van der Waals surface area contributed by atoms with Crippen molar-refractivity contribution in [3.63, 3.8) is 0 Å². The molecule has 2 rings (SSSR count). The summed E-state index contributed by atoms with van der Waals surface area (Å²) in [5, 5.41) is 0. The lowest BCUT2D eigenvalue weighted by molar-refractivity contribution is 0.0338. The Balaban J connectivity index is 1.63. The Morgan fingerprint density at radius 1 is 0.654 bits per heavy atom. The molecule has 0 aromatic heterocycles. The summed E-state index contributed by atoms with van der Waals surface area (Å²) in [4.78, 5) is 22.7. The van der Waals surface area contributed by atoms with Crippen molar-refractivity contribution in [2.45, 2.75) is 13.2 Å². The third-order valence-electron chi connectivity index (χ3n) is 3.66. The molecular formula is C20H22O6. The summed E-state index contributed by atoms with van der Waals surface area (Å²) < 4.78 is 20.4. The van der Waals surface area contributed by atoms with E-state index >= 15 is 0 Å². The number of hydrogen-bond donors (Lipinski definition) is 0. The molecule has 6 heteroatoms. The molecule has 0 aliphatic heterocycles. The second-order valence-electron chi connectivity index (χ2n) is 5.48. The second kappa shape index (κ2) is 10.3. The highest BCUT2D eigenvalue weighted by molar-refractivity contribution is 5.89. The molecule has 6 nitrogen and oxygen atoms in total. The van der Waals surface area contributed by atoms with Gasteiger partial charge in [0.2, 0.25) is 0 Å². The first-order valence-electron chi connectivity index (χ1n) is 8.14. The quantitative estimate of drug-likeness (QED) is 0.507. The lowest BCUT2D eigenvalue weighted by Gasteiger charge is -2.07. The van der Waals surface area contributed by atoms with Gasteiger partial charge in [0, 0.05) is 0 Å². The molecule has 0 saturated heterocycles. The zero-order chi connectivity index (χ0) is 18.8. The van der Waals surface area contributed by atoms with Crippen LogP contribution in [0.1, 0.15) is 31.8 Å². The van der Waals surface area contributed by atoms with Gasteiger partial charge >= 0.3 is 11.9 Å². The van der Waals surface area contributed by atoms with Gasteiger partial charge in [-0.2, -0.15) is 0 Å². The highest BCUT2D eigenvalue weighted by atomic mass is 16.5. The van der Waals surface area contributed by atoms with Crippen molar-refractivity contribution in [3.05, 3.63) is 70.8 Å². The van der Waals surface area contributed by atoms with Crippen molar-refractivity contribution in [2.24, 2.45) is 0 Å². The summed E-state index contributed by atoms with van der Waals surface area (Å²) in [6, 6.07) is 14.1. The van der Waals surface area contributed by atoms with Crippen LogP contribution in [0.15, 0.2) is 48.5 Å². The Kier molecular flexibility index (Phi) is 7.79. The van der Waals surface area contributed by atoms with Crippen molar-refractivity contribution in [3.8, 4) is 0 Å². The predicted octanol–water partition coefficient (Wildman–Crippen LogP) is 2.99. The van der Waals surface area contributed by atoms with Crippen LogP contribution in [0.25, 0.3) is 0 Å². The molecule has 0 aliphatic carbocycles. The van der Waals surface area contributed by atoms with Gasteiger partial charge in [-0.1, -0.05) is 24.3 Å². The van der Waals surface area contributed by atoms with Crippen LogP contribution >= 0.6 is 0 Å². The maximum Gasteiger partial charge on any atom is 0.337 e. The van der Waals surface area contributed by atoms with E-state index in [1.807, 2.05) is 24.3 Å². The molecule has 2 aromatic rings. The minimum Gasteiger partial charge on any atom is -0.465 e. The van der Waals surface area contributed by atoms with E-state index in [9.17, 15) is 9.59 Å². The van der Waals surface area contributed by atoms with Crippen molar-refractivity contribution >= 4 is 11.9 Å². The number of carbonyl (C=O) groups excluding carboxylic acids is 2. The van der Waals surface area contributed by atoms with Crippen molar-refractivity contribution in [2.75, 3.05) is 27.4 Å². The lowest BCUT2D eigenvalue weighted by Crippen LogP contribution is -2.05. The molecule has 26 heavy (non-hydrogen) atoms. The summed E-state index contributed by atoms with van der Waals surface area (Å²) in [5.41, 5.74) is 2.96. The highest BCUT2D eigenvalue weighted by Gasteiger charge is 2.05. The Labute approximate surface area is 152 Å². The Bertz CT molecular complexity index is 643. The number of ether oxygens (including phenoxy) is 4. The van der Waals surface area contributed by atoms with Gasteiger partial charge in [-0.15, -0.1) is 0 Å². The van der Waals surface area contributed by atoms with Crippen LogP contribution in [0.2, 0.25) is 0 Å². The molecular weight excluding hydrogens is 336 g/mol. The van der Waals surface area contributed by atoms with Crippen LogP contribution in [0.3, 0.4) is 0 Å². The maximum atomic E-state index is 11.3. The van der Waals surface area contributed by atoms with Crippen LogP contribution in [-0.2, 0) is 32.2 Å². The molecule has 0 unspecified atom stereocenters. The highest BCUT2D eigenvalue weighted by Crippen LogP contribution is 2.08. The van der Waals surface area contributed by atoms with E-state index in [1.54, 1.807) is 24.3 Å². The third kappa shape index (κ3) is 5.98. The largest absolute Gasteiger partial charge is 0.465 e. The minimum absolute atomic E-state index is 0.356. The fourth-order valence-electron chi connectivity index (χ4n) is 2.21. The van der Waals surface area contributed by atoms with Gasteiger partial charge in [-0.3, -0.25) is 0 Å². The fraction of sp³-hybridized carbons (Fsp3) is 0.300. The standard InChI is InChI=1S/C20H22O6/c1-23-19(21)17-7-3-15(4-8-17)13-25-11-12-26-14-16-5-9-18(10-6-16)20(22)24-2/h3-10H,11-14H2,1-2H3. The van der Waals surface area contributed by atoms with Gasteiger partial charge in [0.15, 0.2) is 0 Å². The number of carbonyl (C=O) groups is 2. The van der Waals surface area contributed by atoms with E-state index in [0.717, 1.165) is 11.1 Å². The lowest BCUT2D eigenvalue weighted by atomic mass is 10.1. The zero-order valence-electron chi connectivity index (χ0n) is 14.9. The summed E-state index contributed by atoms with van der Waals surface area (Å²) in [5.74, 6) is -0.712. The summed E-state index contributed by atoms with van der Waals surface area (Å²) in [6.07, 6.45) is 0.